The van der Waals surface area contributed by atoms with Gasteiger partial charge in [-0.25, -0.2) is 4.39 Å². The van der Waals surface area contributed by atoms with E-state index >= 15 is 0 Å². The van der Waals surface area contributed by atoms with Gasteiger partial charge in [0, 0.05) is 6.54 Å². The van der Waals surface area contributed by atoms with Crippen molar-refractivity contribution in [2.75, 3.05) is 19.6 Å². The summed E-state index contributed by atoms with van der Waals surface area (Å²) in [5.41, 5.74) is 1.04. The van der Waals surface area contributed by atoms with Crippen molar-refractivity contribution >= 4 is 5.91 Å². The zero-order valence-electron chi connectivity index (χ0n) is 11.3. The molecule has 0 unspecified atom stereocenters. The lowest BCUT2D eigenvalue weighted by atomic mass is 9.95. The molecule has 1 amide bonds. The number of nitrogens with one attached hydrogen (secondary N) is 2. The number of amides is 1. The summed E-state index contributed by atoms with van der Waals surface area (Å²) in [4.78, 5) is 11.9. The van der Waals surface area contributed by atoms with Crippen molar-refractivity contribution < 1.29 is 9.18 Å². The molecule has 0 bridgehead atoms. The van der Waals surface area contributed by atoms with Gasteiger partial charge < -0.3 is 10.6 Å². The molecule has 2 rings (SSSR count). The Bertz CT molecular complexity index is 442. The third-order valence-corrected chi connectivity index (χ3v) is 3.66. The van der Waals surface area contributed by atoms with Crippen molar-refractivity contribution in [3.05, 3.63) is 35.1 Å². The second-order valence-electron chi connectivity index (χ2n) is 5.22. The Balaban J connectivity index is 1.82. The van der Waals surface area contributed by atoms with Gasteiger partial charge in [0.1, 0.15) is 5.82 Å². The molecule has 4 heteroatoms. The maximum Gasteiger partial charge on any atom is 0.254 e. The molecule has 0 spiro atoms. The second kappa shape index (κ2) is 6.66. The molecule has 2 N–H and O–H groups in total. The van der Waals surface area contributed by atoms with Gasteiger partial charge in [0.2, 0.25) is 0 Å². The number of piperidine rings is 1. The van der Waals surface area contributed by atoms with E-state index < -0.39 is 5.82 Å². The summed E-state index contributed by atoms with van der Waals surface area (Å²) in [6.45, 7) is 4.60. The van der Waals surface area contributed by atoms with E-state index in [9.17, 15) is 9.18 Å². The largest absolute Gasteiger partial charge is 0.352 e. The van der Waals surface area contributed by atoms with Crippen LogP contribution in [0.4, 0.5) is 4.39 Å². The number of hydrogen-bond acceptors (Lipinski definition) is 2. The molecule has 0 radical (unpaired) electrons. The molecule has 1 heterocycles. The Hall–Kier alpha value is -1.42. The normalized spacial score (nSPS) is 16.3. The molecular weight excluding hydrogens is 243 g/mol. The molecule has 104 valence electrons. The van der Waals surface area contributed by atoms with Gasteiger partial charge in [0.15, 0.2) is 0 Å². The van der Waals surface area contributed by atoms with Gasteiger partial charge >= 0.3 is 0 Å². The van der Waals surface area contributed by atoms with Gasteiger partial charge in [0.05, 0.1) is 5.56 Å². The highest BCUT2D eigenvalue weighted by Gasteiger charge is 2.14. The first-order chi connectivity index (χ1) is 9.16. The lowest BCUT2D eigenvalue weighted by Gasteiger charge is -2.22. The van der Waals surface area contributed by atoms with Crippen LogP contribution in [0.25, 0.3) is 0 Å². The second-order valence-corrected chi connectivity index (χ2v) is 5.22. The molecule has 3 nitrogen and oxygen atoms in total. The van der Waals surface area contributed by atoms with Gasteiger partial charge in [-0.05, 0) is 57.3 Å². The first kappa shape index (κ1) is 14.0. The molecule has 0 aromatic heterocycles. The molecule has 19 heavy (non-hydrogen) atoms. The van der Waals surface area contributed by atoms with Crippen LogP contribution in [-0.2, 0) is 0 Å². The Morgan fingerprint density at radius 3 is 2.89 bits per heavy atom. The van der Waals surface area contributed by atoms with Gasteiger partial charge in [-0.2, -0.15) is 0 Å². The third-order valence-electron chi connectivity index (χ3n) is 3.66. The third kappa shape index (κ3) is 4.03. The number of carbonyl (C=O) groups is 1. The van der Waals surface area contributed by atoms with Crippen LogP contribution in [0, 0.1) is 18.7 Å². The number of aryl methyl sites for hydroxylation is 1. The number of rotatable bonds is 4. The van der Waals surface area contributed by atoms with Gasteiger partial charge in [-0.1, -0.05) is 11.6 Å². The highest BCUT2D eigenvalue weighted by Crippen LogP contribution is 2.15. The highest BCUT2D eigenvalue weighted by molar-refractivity contribution is 5.94. The predicted molar refractivity (Wildman–Crippen MR) is 73.7 cm³/mol. The first-order valence-electron chi connectivity index (χ1n) is 6.92. The topological polar surface area (TPSA) is 41.1 Å². The standard InChI is InChI=1S/C15H21FN2O/c1-11-2-3-14(16)13(10-11)15(19)18-9-6-12-4-7-17-8-5-12/h2-3,10,12,17H,4-9H2,1H3,(H,18,19). The summed E-state index contributed by atoms with van der Waals surface area (Å²) in [5, 5.41) is 6.13. The van der Waals surface area contributed by atoms with Crippen LogP contribution in [0.3, 0.4) is 0 Å². The van der Waals surface area contributed by atoms with Crippen LogP contribution in [0.1, 0.15) is 35.2 Å². The average Bonchev–Trinajstić information content (AvgIpc) is 2.42. The summed E-state index contributed by atoms with van der Waals surface area (Å²) in [7, 11) is 0. The Labute approximate surface area is 113 Å². The molecule has 0 saturated carbocycles. The van der Waals surface area contributed by atoms with Crippen LogP contribution in [0.15, 0.2) is 18.2 Å². The molecular formula is C15H21FN2O. The minimum absolute atomic E-state index is 0.144. The molecule has 0 aliphatic carbocycles. The van der Waals surface area contributed by atoms with Gasteiger partial charge in [-0.3, -0.25) is 4.79 Å². The summed E-state index contributed by atoms with van der Waals surface area (Å²) in [5.74, 6) is -0.0935. The molecule has 1 aliphatic rings. The lowest BCUT2D eigenvalue weighted by molar-refractivity contribution is 0.0946. The van der Waals surface area contributed by atoms with E-state index in [0.717, 1.165) is 37.9 Å². The van der Waals surface area contributed by atoms with E-state index in [1.807, 2.05) is 6.92 Å². The van der Waals surface area contributed by atoms with E-state index in [-0.39, 0.29) is 11.5 Å². The van der Waals surface area contributed by atoms with E-state index in [1.54, 1.807) is 12.1 Å². The van der Waals surface area contributed by atoms with E-state index in [2.05, 4.69) is 10.6 Å². The van der Waals surface area contributed by atoms with Crippen LogP contribution in [-0.4, -0.2) is 25.5 Å². The summed E-state index contributed by atoms with van der Waals surface area (Å²) < 4.78 is 13.5. The van der Waals surface area contributed by atoms with E-state index in [1.165, 1.54) is 6.07 Å². The smallest absolute Gasteiger partial charge is 0.254 e. The molecule has 1 aliphatic heterocycles. The zero-order valence-corrected chi connectivity index (χ0v) is 11.3. The van der Waals surface area contributed by atoms with Crippen LogP contribution < -0.4 is 10.6 Å². The lowest BCUT2D eigenvalue weighted by Crippen LogP contribution is -2.31. The van der Waals surface area contributed by atoms with Gasteiger partial charge in [0.25, 0.3) is 5.91 Å². The van der Waals surface area contributed by atoms with Crippen molar-refractivity contribution in [1.82, 2.24) is 10.6 Å². The average molecular weight is 264 g/mol. The number of hydrogen-bond donors (Lipinski definition) is 2. The number of halogens is 1. The van der Waals surface area contributed by atoms with Crippen molar-refractivity contribution in [2.24, 2.45) is 5.92 Å². The fourth-order valence-corrected chi connectivity index (χ4v) is 2.47. The Morgan fingerprint density at radius 1 is 1.42 bits per heavy atom. The maximum atomic E-state index is 13.5. The molecule has 1 aromatic carbocycles. The molecule has 1 saturated heterocycles. The van der Waals surface area contributed by atoms with Crippen molar-refractivity contribution in [1.29, 1.82) is 0 Å². The summed E-state index contributed by atoms with van der Waals surface area (Å²) in [6.07, 6.45) is 3.30. The summed E-state index contributed by atoms with van der Waals surface area (Å²) in [6, 6.07) is 4.60. The maximum absolute atomic E-state index is 13.5. The highest BCUT2D eigenvalue weighted by atomic mass is 19.1. The predicted octanol–water partition coefficient (Wildman–Crippen LogP) is 2.25. The first-order valence-corrected chi connectivity index (χ1v) is 6.92. The minimum Gasteiger partial charge on any atom is -0.352 e. The fourth-order valence-electron chi connectivity index (χ4n) is 2.47. The minimum atomic E-state index is -0.454. The monoisotopic (exact) mass is 264 g/mol. The Kier molecular flexibility index (Phi) is 4.91. The number of benzene rings is 1. The van der Waals surface area contributed by atoms with Crippen LogP contribution in [0.2, 0.25) is 0 Å². The quantitative estimate of drug-likeness (QED) is 0.875. The van der Waals surface area contributed by atoms with Crippen molar-refractivity contribution in [3.8, 4) is 0 Å². The van der Waals surface area contributed by atoms with Crippen molar-refractivity contribution in [2.45, 2.75) is 26.2 Å². The Morgan fingerprint density at radius 2 is 2.16 bits per heavy atom. The number of carbonyl (C=O) groups excluding carboxylic acids is 1. The molecule has 1 aromatic rings. The van der Waals surface area contributed by atoms with Crippen molar-refractivity contribution in [3.63, 3.8) is 0 Å². The van der Waals surface area contributed by atoms with E-state index in [4.69, 9.17) is 0 Å². The molecule has 0 atom stereocenters. The SMILES string of the molecule is Cc1ccc(F)c(C(=O)NCCC2CCNCC2)c1. The zero-order chi connectivity index (χ0) is 13.7. The van der Waals surface area contributed by atoms with Crippen LogP contribution >= 0.6 is 0 Å². The fraction of sp³-hybridized carbons (Fsp3) is 0.533. The molecule has 1 fully saturated rings. The van der Waals surface area contributed by atoms with E-state index in [0.29, 0.717) is 12.5 Å². The van der Waals surface area contributed by atoms with Gasteiger partial charge in [-0.15, -0.1) is 0 Å². The van der Waals surface area contributed by atoms with Crippen LogP contribution in [0.5, 0.6) is 0 Å². The summed E-state index contributed by atoms with van der Waals surface area (Å²) >= 11 is 0.